The molecule has 0 saturated carbocycles. The Labute approximate surface area is 41.5 Å². The molecule has 0 radical (unpaired) electrons. The van der Waals surface area contributed by atoms with Gasteiger partial charge in [-0.25, -0.2) is 4.39 Å². The van der Waals surface area contributed by atoms with Crippen molar-refractivity contribution in [3.05, 3.63) is 12.4 Å². The third-order valence-electron chi connectivity index (χ3n) is 0.344. The van der Waals surface area contributed by atoms with Crippen LogP contribution in [0.25, 0.3) is 0 Å². The predicted octanol–water partition coefficient (Wildman–Crippen LogP) is 0.572. The molecule has 0 saturated heterocycles. The average molecular weight is 122 g/mol. The highest BCUT2D eigenvalue weighted by molar-refractivity contribution is 7.36. The van der Waals surface area contributed by atoms with Crippen LogP contribution in [0.15, 0.2) is 12.4 Å². The minimum atomic E-state index is -2.43. The van der Waals surface area contributed by atoms with Crippen molar-refractivity contribution in [1.29, 1.82) is 0 Å². The summed E-state index contributed by atoms with van der Waals surface area (Å²) >= 11 is 0. The largest absolute Gasteiger partial charge is 0.595 e. The molecule has 7 heavy (non-hydrogen) atoms. The Bertz CT molecular complexity index is 90.9. The quantitative estimate of drug-likeness (QED) is 0.502. The molecule has 4 heteroatoms. The molecule has 0 aromatic rings. The van der Waals surface area contributed by atoms with E-state index in [1.165, 1.54) is 0 Å². The third-order valence-corrected chi connectivity index (χ3v) is 0.853. The van der Waals surface area contributed by atoms with Crippen LogP contribution in [-0.2, 0) is 4.57 Å². The summed E-state index contributed by atoms with van der Waals surface area (Å²) in [4.78, 5) is 9.58. The number of hydrogen-bond acceptors (Lipinski definition) is 2. The first-order chi connectivity index (χ1) is 3.27. The van der Waals surface area contributed by atoms with Crippen LogP contribution in [0.4, 0.5) is 4.39 Å². The number of hydrogen-bond donors (Lipinski definition) is 0. The molecular formula is C3H4FO2P. The summed E-state index contributed by atoms with van der Waals surface area (Å²) in [5.41, 5.74) is 0. The molecule has 0 amide bonds. The Hall–Kier alpha value is -0.270. The maximum absolute atomic E-state index is 10.9. The van der Waals surface area contributed by atoms with E-state index in [4.69, 9.17) is 0 Å². The minimum absolute atomic E-state index is 0.203. The first kappa shape index (κ1) is 6.73. The second kappa shape index (κ2) is 3.90. The monoisotopic (exact) mass is 122 g/mol. The van der Waals surface area contributed by atoms with E-state index < -0.39 is 8.03 Å². The highest BCUT2D eigenvalue weighted by Gasteiger charge is 1.90. The predicted molar refractivity (Wildman–Crippen MR) is 22.7 cm³/mol. The van der Waals surface area contributed by atoms with E-state index in [9.17, 15) is 13.8 Å². The molecule has 0 spiro atoms. The van der Waals surface area contributed by atoms with Crippen LogP contribution in [-0.4, -0.2) is 6.16 Å². The lowest BCUT2D eigenvalue weighted by atomic mass is 10.7. The Balaban J connectivity index is 3.14. The molecule has 0 bridgehead atoms. The second-order valence-corrected chi connectivity index (χ2v) is 1.91. The lowest BCUT2D eigenvalue weighted by molar-refractivity contribution is -0.163. The molecule has 1 atom stereocenters. The molecule has 0 aliphatic carbocycles. The van der Waals surface area contributed by atoms with Gasteiger partial charge in [-0.1, -0.05) is 4.57 Å². The van der Waals surface area contributed by atoms with Crippen molar-refractivity contribution < 1.29 is 13.8 Å². The summed E-state index contributed by atoms with van der Waals surface area (Å²) in [5.74, 6) is 0. The smallest absolute Gasteiger partial charge is 0.313 e. The van der Waals surface area contributed by atoms with Gasteiger partial charge in [-0.2, -0.15) is 0 Å². The maximum atomic E-state index is 10.9. The molecule has 0 heterocycles. The molecule has 0 aliphatic heterocycles. The lowest BCUT2D eigenvalue weighted by Gasteiger charge is -1.74. The van der Waals surface area contributed by atoms with Crippen molar-refractivity contribution in [3.8, 4) is 0 Å². The molecule has 40 valence electrons. The zero-order valence-electron chi connectivity index (χ0n) is 3.50. The summed E-state index contributed by atoms with van der Waals surface area (Å²) < 4.78 is 20.5. The van der Waals surface area contributed by atoms with Gasteiger partial charge in [0.2, 0.25) is 0 Å². The van der Waals surface area contributed by atoms with Gasteiger partial charge in [0, 0.05) is 0 Å². The molecule has 0 fully saturated rings. The summed E-state index contributed by atoms with van der Waals surface area (Å²) in [6.45, 7) is 0. The molecule has 0 rings (SSSR count). The fourth-order valence-electron chi connectivity index (χ4n) is 0.126. The SMILES string of the molecule is O=[P+]([O-])CC=CF. The maximum Gasteiger partial charge on any atom is 0.313 e. The van der Waals surface area contributed by atoms with Gasteiger partial charge in [0.15, 0.2) is 6.16 Å². The summed E-state index contributed by atoms with van der Waals surface area (Å²) in [6, 6.07) is 0. The second-order valence-electron chi connectivity index (χ2n) is 0.877. The molecule has 1 unspecified atom stereocenters. The Morgan fingerprint density at radius 1 is 1.86 bits per heavy atom. The summed E-state index contributed by atoms with van der Waals surface area (Å²) in [6.07, 6.45) is 0.947. The van der Waals surface area contributed by atoms with Crippen LogP contribution in [0.3, 0.4) is 0 Å². The Kier molecular flexibility index (Phi) is 3.75. The Morgan fingerprint density at radius 3 is 2.57 bits per heavy atom. The molecule has 0 N–H and O–H groups in total. The standard InChI is InChI=1S/C3H4FO2P/c4-2-1-3-7(5)6/h1-2H,3H2. The highest BCUT2D eigenvalue weighted by atomic mass is 31.1. The number of halogens is 1. The average Bonchev–Trinajstić information content (AvgIpc) is 1.61. The van der Waals surface area contributed by atoms with Crippen molar-refractivity contribution in [2.75, 3.05) is 6.16 Å². The fraction of sp³-hybridized carbons (Fsp3) is 0.333. The van der Waals surface area contributed by atoms with E-state index in [0.717, 1.165) is 6.08 Å². The molecule has 0 aliphatic rings. The highest BCUT2D eigenvalue weighted by Crippen LogP contribution is 2.04. The minimum Gasteiger partial charge on any atom is -0.595 e. The van der Waals surface area contributed by atoms with Crippen LogP contribution in [0.5, 0.6) is 0 Å². The van der Waals surface area contributed by atoms with Crippen molar-refractivity contribution in [2.45, 2.75) is 0 Å². The van der Waals surface area contributed by atoms with Gasteiger partial charge in [0.25, 0.3) is 0 Å². The van der Waals surface area contributed by atoms with E-state index in [1.807, 2.05) is 0 Å². The van der Waals surface area contributed by atoms with E-state index in [2.05, 4.69) is 0 Å². The van der Waals surface area contributed by atoms with Crippen LogP contribution in [0, 0.1) is 0 Å². The molecule has 0 aromatic carbocycles. The first-order valence-electron chi connectivity index (χ1n) is 1.64. The van der Waals surface area contributed by atoms with Gasteiger partial charge in [-0.15, -0.1) is 0 Å². The van der Waals surface area contributed by atoms with Crippen LogP contribution in [0.1, 0.15) is 0 Å². The molecular weight excluding hydrogens is 118 g/mol. The fourth-order valence-corrected chi connectivity index (χ4v) is 0.378. The van der Waals surface area contributed by atoms with Crippen LogP contribution in [0.2, 0.25) is 0 Å². The molecule has 2 nitrogen and oxygen atoms in total. The van der Waals surface area contributed by atoms with Gasteiger partial charge in [-0.05, 0) is 6.08 Å². The number of allylic oxidation sites excluding steroid dienone is 1. The summed E-state index contributed by atoms with van der Waals surface area (Å²) in [5, 5.41) is 0. The van der Waals surface area contributed by atoms with E-state index in [1.54, 1.807) is 0 Å². The van der Waals surface area contributed by atoms with E-state index in [-0.39, 0.29) is 12.5 Å². The van der Waals surface area contributed by atoms with Crippen molar-refractivity contribution in [1.82, 2.24) is 0 Å². The van der Waals surface area contributed by atoms with Gasteiger partial charge >= 0.3 is 8.03 Å². The van der Waals surface area contributed by atoms with Gasteiger partial charge < -0.3 is 4.89 Å². The zero-order chi connectivity index (χ0) is 5.70. The molecule has 0 aromatic heterocycles. The van der Waals surface area contributed by atoms with Crippen LogP contribution >= 0.6 is 8.03 Å². The van der Waals surface area contributed by atoms with Crippen molar-refractivity contribution >= 4 is 8.03 Å². The normalized spacial score (nSPS) is 12.6. The van der Waals surface area contributed by atoms with E-state index >= 15 is 0 Å². The zero-order valence-corrected chi connectivity index (χ0v) is 4.40. The van der Waals surface area contributed by atoms with Gasteiger partial charge in [0.05, 0.1) is 6.33 Å². The topological polar surface area (TPSA) is 40.1 Å². The van der Waals surface area contributed by atoms with Crippen molar-refractivity contribution in [2.24, 2.45) is 0 Å². The number of rotatable bonds is 2. The van der Waals surface area contributed by atoms with Gasteiger partial charge in [0.1, 0.15) is 0 Å². The Morgan fingerprint density at radius 2 is 2.43 bits per heavy atom. The van der Waals surface area contributed by atoms with Gasteiger partial charge in [-0.3, -0.25) is 0 Å². The van der Waals surface area contributed by atoms with Crippen LogP contribution < -0.4 is 4.89 Å². The first-order valence-corrected chi connectivity index (χ1v) is 3.00. The van der Waals surface area contributed by atoms with E-state index in [0.29, 0.717) is 0 Å². The third kappa shape index (κ3) is 5.73. The summed E-state index contributed by atoms with van der Waals surface area (Å²) in [7, 11) is -2.43. The van der Waals surface area contributed by atoms with Crippen molar-refractivity contribution in [3.63, 3.8) is 0 Å². The lowest BCUT2D eigenvalue weighted by Crippen LogP contribution is -1.86.